The van der Waals surface area contributed by atoms with Gasteiger partial charge in [0.2, 0.25) is 0 Å². The number of carbonyl (C=O) groups excluding carboxylic acids is 2. The van der Waals surface area contributed by atoms with Gasteiger partial charge < -0.3 is 15.5 Å². The van der Waals surface area contributed by atoms with Crippen molar-refractivity contribution in [2.24, 2.45) is 0 Å². The topological polar surface area (TPSA) is 122 Å². The third-order valence-corrected chi connectivity index (χ3v) is 6.08. The van der Waals surface area contributed by atoms with Gasteiger partial charge in [-0.1, -0.05) is 17.7 Å². The monoisotopic (exact) mass is 563 g/mol. The fraction of sp³-hybridized carbons (Fsp3) is 0.154. The van der Waals surface area contributed by atoms with Crippen molar-refractivity contribution in [2.45, 2.75) is 12.6 Å². The Kier molecular flexibility index (Phi) is 7.70. The lowest BCUT2D eigenvalue weighted by Gasteiger charge is -2.13. The summed E-state index contributed by atoms with van der Waals surface area (Å²) in [4.78, 5) is 37.3. The first kappa shape index (κ1) is 27.7. The van der Waals surface area contributed by atoms with E-state index in [1.54, 1.807) is 0 Å². The molecule has 3 N–H and O–H groups in total. The lowest BCUT2D eigenvalue weighted by Crippen LogP contribution is -2.25. The molecule has 39 heavy (non-hydrogen) atoms. The number of amides is 1. The average Bonchev–Trinajstić information content (AvgIpc) is 3.26. The van der Waals surface area contributed by atoms with Crippen molar-refractivity contribution >= 4 is 40.3 Å². The Hall–Kier alpha value is -4.29. The molecule has 3 aromatic carbocycles. The number of aromatic carboxylic acids is 1. The molecule has 1 heterocycles. The third-order valence-electron chi connectivity index (χ3n) is 5.76. The number of fused-ring (bicyclic) bond motifs is 1. The van der Waals surface area contributed by atoms with Crippen LogP contribution < -0.4 is 5.32 Å². The maximum atomic E-state index is 15.0. The minimum Gasteiger partial charge on any atom is -0.478 e. The van der Waals surface area contributed by atoms with E-state index in [1.165, 1.54) is 18.2 Å². The summed E-state index contributed by atoms with van der Waals surface area (Å²) in [5.74, 6) is -4.28. The van der Waals surface area contributed by atoms with Crippen LogP contribution in [0.1, 0.15) is 43.1 Å². The van der Waals surface area contributed by atoms with Crippen LogP contribution in [-0.4, -0.2) is 50.9 Å². The smallest absolute Gasteiger partial charge is 0.417 e. The van der Waals surface area contributed by atoms with E-state index < -0.39 is 45.9 Å². The number of aliphatic hydroxyl groups excluding tert-OH is 1. The number of hydrogen-bond donors (Lipinski definition) is 3. The number of aliphatic hydroxyl groups is 1. The van der Waals surface area contributed by atoms with Crippen LogP contribution in [-0.2, 0) is 6.18 Å². The summed E-state index contributed by atoms with van der Waals surface area (Å²) in [5.41, 5.74) is -3.10. The van der Waals surface area contributed by atoms with Crippen LogP contribution in [0.15, 0.2) is 54.6 Å². The van der Waals surface area contributed by atoms with Crippen molar-refractivity contribution in [3.63, 3.8) is 0 Å². The summed E-state index contributed by atoms with van der Waals surface area (Å²) in [6.45, 7) is -0.0396. The first-order chi connectivity index (χ1) is 18.4. The third kappa shape index (κ3) is 5.47. The van der Waals surface area contributed by atoms with E-state index >= 15 is 0 Å². The van der Waals surface area contributed by atoms with Gasteiger partial charge in [0.25, 0.3) is 11.8 Å². The number of carboxylic acids is 1. The molecule has 0 saturated carbocycles. The molecule has 1 amide bonds. The van der Waals surface area contributed by atoms with Crippen molar-refractivity contribution in [2.75, 3.05) is 13.2 Å². The summed E-state index contributed by atoms with van der Waals surface area (Å²) in [7, 11) is 0. The number of benzene rings is 3. The summed E-state index contributed by atoms with van der Waals surface area (Å²) >= 11 is 6.02. The zero-order chi connectivity index (χ0) is 28.5. The quantitative estimate of drug-likeness (QED) is 0.215. The van der Waals surface area contributed by atoms with Crippen molar-refractivity contribution < 1.29 is 42.2 Å². The molecule has 1 aromatic heterocycles. The Morgan fingerprint density at radius 3 is 2.38 bits per heavy atom. The normalized spacial score (nSPS) is 11.5. The van der Waals surface area contributed by atoms with E-state index in [0.29, 0.717) is 10.7 Å². The van der Waals surface area contributed by atoms with E-state index in [2.05, 4.69) is 10.4 Å². The molecule has 0 unspecified atom stereocenters. The first-order valence-electron chi connectivity index (χ1n) is 11.3. The van der Waals surface area contributed by atoms with Gasteiger partial charge in [0, 0.05) is 29.7 Å². The van der Waals surface area contributed by atoms with Crippen LogP contribution in [0, 0.1) is 5.82 Å². The molecule has 0 fully saturated rings. The van der Waals surface area contributed by atoms with Gasteiger partial charge in [-0.05, 0) is 55.0 Å². The van der Waals surface area contributed by atoms with Gasteiger partial charge >= 0.3 is 12.1 Å². The predicted molar refractivity (Wildman–Crippen MR) is 132 cm³/mol. The number of aromatic nitrogens is 2. The summed E-state index contributed by atoms with van der Waals surface area (Å²) < 4.78 is 56.8. The SMILES string of the molecule is O=C(O)c1ccc(-c2nn(C(=O)c3c(Cl)cccc3C(F)(F)F)c3cc(C(=O)NCCCO)ccc23)c(F)c1. The molecule has 0 atom stereocenters. The van der Waals surface area contributed by atoms with E-state index in [9.17, 15) is 31.9 Å². The van der Waals surface area contributed by atoms with E-state index in [-0.39, 0.29) is 52.9 Å². The standard InChI is InChI=1S/C26H18ClF4N3O5/c27-18-4-1-3-17(26(29,30)31)21(18)24(37)34-20-12-13(23(36)32-9-2-10-35)5-8-16(20)22(33-34)15-7-6-14(25(38)39)11-19(15)28/h1,3-8,11-12,35H,2,9-10H2,(H,32,36)(H,38,39). The second-order valence-electron chi connectivity index (χ2n) is 8.29. The summed E-state index contributed by atoms with van der Waals surface area (Å²) in [6.07, 6.45) is -4.68. The van der Waals surface area contributed by atoms with Crippen LogP contribution in [0.5, 0.6) is 0 Å². The number of carboxylic acid groups (broad SMARTS) is 1. The van der Waals surface area contributed by atoms with Gasteiger partial charge in [0.05, 0.1) is 27.2 Å². The van der Waals surface area contributed by atoms with Crippen LogP contribution in [0.2, 0.25) is 5.02 Å². The van der Waals surface area contributed by atoms with Gasteiger partial charge in [-0.2, -0.15) is 23.0 Å². The van der Waals surface area contributed by atoms with Crippen LogP contribution in [0.4, 0.5) is 17.6 Å². The molecule has 0 spiro atoms. The Balaban J connectivity index is 1.95. The molecule has 202 valence electrons. The number of hydrogen-bond acceptors (Lipinski definition) is 5. The molecule has 0 aliphatic rings. The highest BCUT2D eigenvalue weighted by molar-refractivity contribution is 6.34. The molecule has 8 nitrogen and oxygen atoms in total. The van der Waals surface area contributed by atoms with Crippen LogP contribution in [0.3, 0.4) is 0 Å². The molecule has 4 aromatic rings. The van der Waals surface area contributed by atoms with Gasteiger partial charge in [0.1, 0.15) is 11.5 Å². The molecule has 0 aliphatic heterocycles. The number of alkyl halides is 3. The number of carbonyl (C=O) groups is 3. The average molecular weight is 564 g/mol. The molecule has 4 rings (SSSR count). The maximum Gasteiger partial charge on any atom is 0.417 e. The molecule has 0 aliphatic carbocycles. The highest BCUT2D eigenvalue weighted by atomic mass is 35.5. The molecule has 13 heteroatoms. The second kappa shape index (κ2) is 10.8. The zero-order valence-electron chi connectivity index (χ0n) is 19.7. The van der Waals surface area contributed by atoms with E-state index in [1.807, 2.05) is 0 Å². The molecular formula is C26H18ClF4N3O5. The summed E-state index contributed by atoms with van der Waals surface area (Å²) in [5, 5.41) is 24.3. The maximum absolute atomic E-state index is 15.0. The van der Waals surface area contributed by atoms with Gasteiger partial charge in [-0.3, -0.25) is 9.59 Å². The Morgan fingerprint density at radius 2 is 1.74 bits per heavy atom. The van der Waals surface area contributed by atoms with Crippen LogP contribution >= 0.6 is 11.6 Å². The predicted octanol–water partition coefficient (Wildman–Crippen LogP) is 5.01. The number of nitrogens with zero attached hydrogens (tertiary/aromatic N) is 2. The Labute approximate surface area is 222 Å². The molecule has 0 bridgehead atoms. The second-order valence-corrected chi connectivity index (χ2v) is 8.70. The minimum absolute atomic E-state index is 0.0119. The number of nitrogens with one attached hydrogen (secondary N) is 1. The van der Waals surface area contributed by atoms with Crippen molar-refractivity contribution in [1.29, 1.82) is 0 Å². The van der Waals surface area contributed by atoms with Crippen LogP contribution in [0.25, 0.3) is 22.2 Å². The number of halogens is 5. The fourth-order valence-electron chi connectivity index (χ4n) is 3.92. The van der Waals surface area contributed by atoms with Crippen molar-refractivity contribution in [3.8, 4) is 11.3 Å². The summed E-state index contributed by atoms with van der Waals surface area (Å²) in [6, 6.07) is 9.64. The first-order valence-corrected chi connectivity index (χ1v) is 11.7. The van der Waals surface area contributed by atoms with Gasteiger partial charge in [-0.25, -0.2) is 9.18 Å². The van der Waals surface area contributed by atoms with Gasteiger partial charge in [-0.15, -0.1) is 0 Å². The number of rotatable bonds is 7. The fourth-order valence-corrected chi connectivity index (χ4v) is 4.17. The van der Waals surface area contributed by atoms with Gasteiger partial charge in [0.15, 0.2) is 0 Å². The van der Waals surface area contributed by atoms with E-state index in [4.69, 9.17) is 21.8 Å². The minimum atomic E-state index is -4.95. The lowest BCUT2D eigenvalue weighted by atomic mass is 10.0. The van der Waals surface area contributed by atoms with Crippen molar-refractivity contribution in [1.82, 2.24) is 15.1 Å². The highest BCUT2D eigenvalue weighted by Gasteiger charge is 2.37. The highest BCUT2D eigenvalue weighted by Crippen LogP contribution is 2.37. The van der Waals surface area contributed by atoms with Crippen molar-refractivity contribution in [3.05, 3.63) is 87.7 Å². The largest absolute Gasteiger partial charge is 0.478 e. The zero-order valence-corrected chi connectivity index (χ0v) is 20.5. The Bertz CT molecular complexity index is 1620. The molecule has 0 radical (unpaired) electrons. The Morgan fingerprint density at radius 1 is 1.03 bits per heavy atom. The molecule has 0 saturated heterocycles. The van der Waals surface area contributed by atoms with E-state index in [0.717, 1.165) is 30.3 Å². The molecular weight excluding hydrogens is 546 g/mol. The lowest BCUT2D eigenvalue weighted by molar-refractivity contribution is -0.137.